The van der Waals surface area contributed by atoms with Gasteiger partial charge >= 0.3 is 0 Å². The molecule has 0 aliphatic carbocycles. The number of anilines is 1. The summed E-state index contributed by atoms with van der Waals surface area (Å²) in [7, 11) is 0. The Labute approximate surface area is 113 Å². The molecule has 0 saturated carbocycles. The first kappa shape index (κ1) is 15.9. The molecule has 19 heavy (non-hydrogen) atoms. The average molecular weight is 272 g/mol. The van der Waals surface area contributed by atoms with Crippen LogP contribution in [0.15, 0.2) is 18.2 Å². The number of benzene rings is 1. The van der Waals surface area contributed by atoms with Gasteiger partial charge in [-0.25, -0.2) is 8.78 Å². The zero-order valence-corrected chi connectivity index (χ0v) is 11.5. The van der Waals surface area contributed by atoms with Crippen molar-refractivity contribution in [1.29, 1.82) is 0 Å². The third-order valence-electron chi connectivity index (χ3n) is 2.91. The zero-order chi connectivity index (χ0) is 14.3. The topological polar surface area (TPSA) is 35.5 Å². The Morgan fingerprint density at radius 2 is 2.11 bits per heavy atom. The fourth-order valence-corrected chi connectivity index (χ4v) is 2.05. The van der Waals surface area contributed by atoms with Crippen molar-refractivity contribution in [3.05, 3.63) is 29.3 Å². The summed E-state index contributed by atoms with van der Waals surface area (Å²) in [6.45, 7) is 5.33. The van der Waals surface area contributed by atoms with Gasteiger partial charge in [0.1, 0.15) is 0 Å². The van der Waals surface area contributed by atoms with Gasteiger partial charge in [-0.3, -0.25) is 0 Å². The fraction of sp³-hybridized carbons (Fsp3) is 0.571. The SMILES string of the molecule is CCNCc1ccc(N(CCO)CC(F)F)c(C)c1. The maximum absolute atomic E-state index is 12.5. The van der Waals surface area contributed by atoms with Crippen LogP contribution < -0.4 is 10.2 Å². The smallest absolute Gasteiger partial charge is 0.255 e. The van der Waals surface area contributed by atoms with E-state index in [0.717, 1.165) is 29.9 Å². The molecule has 0 bridgehead atoms. The first-order valence-electron chi connectivity index (χ1n) is 6.52. The lowest BCUT2D eigenvalue weighted by molar-refractivity contribution is 0.153. The molecule has 2 N–H and O–H groups in total. The quantitative estimate of drug-likeness (QED) is 0.761. The first-order chi connectivity index (χ1) is 9.08. The van der Waals surface area contributed by atoms with Crippen LogP contribution in [0.5, 0.6) is 0 Å². The molecule has 0 radical (unpaired) electrons. The van der Waals surface area contributed by atoms with E-state index in [2.05, 4.69) is 5.32 Å². The number of nitrogens with one attached hydrogen (secondary N) is 1. The van der Waals surface area contributed by atoms with Crippen LogP contribution in [0.3, 0.4) is 0 Å². The summed E-state index contributed by atoms with van der Waals surface area (Å²) in [5, 5.41) is 12.2. The highest BCUT2D eigenvalue weighted by Gasteiger charge is 2.14. The first-order valence-corrected chi connectivity index (χ1v) is 6.52. The van der Waals surface area contributed by atoms with Gasteiger partial charge < -0.3 is 15.3 Å². The van der Waals surface area contributed by atoms with Crippen molar-refractivity contribution in [2.75, 3.05) is 31.1 Å². The maximum atomic E-state index is 12.5. The van der Waals surface area contributed by atoms with Crippen molar-refractivity contribution in [3.8, 4) is 0 Å². The largest absolute Gasteiger partial charge is 0.395 e. The minimum atomic E-state index is -2.41. The summed E-state index contributed by atoms with van der Waals surface area (Å²) >= 11 is 0. The number of aliphatic hydroxyl groups excluding tert-OH is 1. The number of nitrogens with zero attached hydrogens (tertiary/aromatic N) is 1. The van der Waals surface area contributed by atoms with E-state index in [0.29, 0.717) is 0 Å². The normalized spacial score (nSPS) is 11.1. The molecule has 0 aliphatic rings. The maximum Gasteiger partial charge on any atom is 0.255 e. The third-order valence-corrected chi connectivity index (χ3v) is 2.91. The van der Waals surface area contributed by atoms with E-state index in [4.69, 9.17) is 5.11 Å². The van der Waals surface area contributed by atoms with E-state index in [1.807, 2.05) is 32.0 Å². The predicted molar refractivity (Wildman–Crippen MR) is 73.9 cm³/mol. The molecule has 0 amide bonds. The number of rotatable bonds is 8. The lowest BCUT2D eigenvalue weighted by atomic mass is 10.1. The molecule has 1 aromatic carbocycles. The molecular weight excluding hydrogens is 250 g/mol. The van der Waals surface area contributed by atoms with Gasteiger partial charge in [-0.15, -0.1) is 0 Å². The second-order valence-electron chi connectivity index (χ2n) is 4.46. The minimum absolute atomic E-state index is 0.134. The highest BCUT2D eigenvalue weighted by molar-refractivity contribution is 5.54. The van der Waals surface area contributed by atoms with Gasteiger partial charge in [-0.05, 0) is 30.7 Å². The Morgan fingerprint density at radius 1 is 1.37 bits per heavy atom. The summed E-state index contributed by atoms with van der Waals surface area (Å²) in [5.74, 6) is 0. The van der Waals surface area contributed by atoms with Crippen molar-refractivity contribution in [3.63, 3.8) is 0 Å². The monoisotopic (exact) mass is 272 g/mol. The van der Waals surface area contributed by atoms with Gasteiger partial charge in [0.05, 0.1) is 13.2 Å². The average Bonchev–Trinajstić information content (AvgIpc) is 2.35. The molecular formula is C14H22F2N2O. The van der Waals surface area contributed by atoms with Crippen LogP contribution in [0.25, 0.3) is 0 Å². The number of aliphatic hydroxyl groups is 1. The Balaban J connectivity index is 2.84. The second kappa shape index (κ2) is 8.07. The molecule has 0 fully saturated rings. The predicted octanol–water partition coefficient (Wildman–Crippen LogP) is 2.17. The summed E-state index contributed by atoms with van der Waals surface area (Å²) in [6, 6.07) is 5.77. The van der Waals surface area contributed by atoms with Gasteiger partial charge in [0.15, 0.2) is 0 Å². The highest BCUT2D eigenvalue weighted by Crippen LogP contribution is 2.22. The second-order valence-corrected chi connectivity index (χ2v) is 4.46. The number of aryl methyl sites for hydroxylation is 1. The molecule has 5 heteroatoms. The van der Waals surface area contributed by atoms with E-state index in [1.165, 1.54) is 4.90 Å². The van der Waals surface area contributed by atoms with Crippen LogP contribution in [0.1, 0.15) is 18.1 Å². The number of hydrogen-bond acceptors (Lipinski definition) is 3. The molecule has 0 unspecified atom stereocenters. The molecule has 0 aliphatic heterocycles. The van der Waals surface area contributed by atoms with Gasteiger partial charge in [-0.2, -0.15) is 0 Å². The Morgan fingerprint density at radius 3 is 2.63 bits per heavy atom. The van der Waals surface area contributed by atoms with Crippen molar-refractivity contribution >= 4 is 5.69 Å². The van der Waals surface area contributed by atoms with E-state index in [-0.39, 0.29) is 19.7 Å². The van der Waals surface area contributed by atoms with Crippen LogP contribution in [0.4, 0.5) is 14.5 Å². The van der Waals surface area contributed by atoms with Crippen LogP contribution in [0, 0.1) is 6.92 Å². The Bertz CT molecular complexity index is 386. The summed E-state index contributed by atoms with van der Waals surface area (Å²) in [4.78, 5) is 1.52. The van der Waals surface area contributed by atoms with Gasteiger partial charge in [-0.1, -0.05) is 19.1 Å². The molecule has 1 rings (SSSR count). The van der Waals surface area contributed by atoms with Gasteiger partial charge in [0, 0.05) is 18.8 Å². The van der Waals surface area contributed by atoms with Crippen LogP contribution in [-0.2, 0) is 6.54 Å². The van der Waals surface area contributed by atoms with Crippen molar-refractivity contribution in [2.45, 2.75) is 26.8 Å². The molecule has 1 aromatic rings. The lowest BCUT2D eigenvalue weighted by Gasteiger charge is -2.25. The summed E-state index contributed by atoms with van der Waals surface area (Å²) < 4.78 is 25.1. The Kier molecular flexibility index (Phi) is 6.73. The van der Waals surface area contributed by atoms with E-state index in [1.54, 1.807) is 0 Å². The fourth-order valence-electron chi connectivity index (χ4n) is 2.05. The van der Waals surface area contributed by atoms with E-state index < -0.39 is 6.43 Å². The molecule has 0 spiro atoms. The van der Waals surface area contributed by atoms with Crippen molar-refractivity contribution in [2.24, 2.45) is 0 Å². The minimum Gasteiger partial charge on any atom is -0.395 e. The molecule has 3 nitrogen and oxygen atoms in total. The standard InChI is InChI=1S/C14H22F2N2O/c1-3-17-9-12-4-5-13(11(2)8-12)18(6-7-19)10-14(15)16/h4-5,8,14,17,19H,3,6-7,9-10H2,1-2H3. The van der Waals surface area contributed by atoms with Crippen LogP contribution in [-0.4, -0.2) is 37.8 Å². The van der Waals surface area contributed by atoms with E-state index >= 15 is 0 Å². The number of alkyl halides is 2. The molecule has 0 heterocycles. The zero-order valence-electron chi connectivity index (χ0n) is 11.5. The summed E-state index contributed by atoms with van der Waals surface area (Å²) in [6.07, 6.45) is -2.41. The highest BCUT2D eigenvalue weighted by atomic mass is 19.3. The number of halogens is 2. The molecule has 0 saturated heterocycles. The Hall–Kier alpha value is -1.20. The number of hydrogen-bond donors (Lipinski definition) is 2. The lowest BCUT2D eigenvalue weighted by Crippen LogP contribution is -2.32. The van der Waals surface area contributed by atoms with Crippen molar-refractivity contribution < 1.29 is 13.9 Å². The summed E-state index contributed by atoms with van der Waals surface area (Å²) in [5.41, 5.74) is 2.84. The molecule has 108 valence electrons. The van der Waals surface area contributed by atoms with Crippen LogP contribution >= 0.6 is 0 Å². The van der Waals surface area contributed by atoms with Gasteiger partial charge in [0.2, 0.25) is 0 Å². The van der Waals surface area contributed by atoms with Crippen LogP contribution in [0.2, 0.25) is 0 Å². The van der Waals surface area contributed by atoms with Crippen molar-refractivity contribution in [1.82, 2.24) is 5.32 Å². The van der Waals surface area contributed by atoms with E-state index in [9.17, 15) is 8.78 Å². The van der Waals surface area contributed by atoms with Gasteiger partial charge in [0.25, 0.3) is 6.43 Å². The third kappa shape index (κ3) is 5.12. The molecule has 0 aromatic heterocycles. The molecule has 0 atom stereocenters.